The Balaban J connectivity index is 1.80. The van der Waals surface area contributed by atoms with E-state index in [-0.39, 0.29) is 29.8 Å². The van der Waals surface area contributed by atoms with Crippen molar-refractivity contribution in [2.75, 3.05) is 18.1 Å². The van der Waals surface area contributed by atoms with Crippen molar-refractivity contribution in [1.82, 2.24) is 5.32 Å². The van der Waals surface area contributed by atoms with Crippen LogP contribution in [0.2, 0.25) is 0 Å². The standard InChI is InChI=1S/C12H14N2O6S/c15-12(13-9-5-6-21(18,19)8-9)7-20-11-3-1-10(2-4-11)14(16)17/h1-4,9H,5-8H2,(H,13,15). The molecule has 1 saturated heterocycles. The van der Waals surface area contributed by atoms with Gasteiger partial charge in [-0.1, -0.05) is 0 Å². The molecule has 1 N–H and O–H groups in total. The van der Waals surface area contributed by atoms with Crippen LogP contribution in [0, 0.1) is 10.1 Å². The lowest BCUT2D eigenvalue weighted by atomic mass is 10.2. The first kappa shape index (κ1) is 15.2. The van der Waals surface area contributed by atoms with Gasteiger partial charge in [-0.3, -0.25) is 14.9 Å². The highest BCUT2D eigenvalue weighted by atomic mass is 32.2. The zero-order valence-electron chi connectivity index (χ0n) is 11.0. The fourth-order valence-corrected chi connectivity index (χ4v) is 3.66. The maximum Gasteiger partial charge on any atom is 0.269 e. The largest absolute Gasteiger partial charge is 0.484 e. The van der Waals surface area contributed by atoms with E-state index in [1.807, 2.05) is 0 Å². The van der Waals surface area contributed by atoms with Crippen molar-refractivity contribution in [3.05, 3.63) is 34.4 Å². The molecule has 114 valence electrons. The van der Waals surface area contributed by atoms with Crippen LogP contribution in [0.5, 0.6) is 5.75 Å². The van der Waals surface area contributed by atoms with Crippen molar-refractivity contribution < 1.29 is 22.9 Å². The predicted octanol–water partition coefficient (Wildman–Crippen LogP) is 0.277. The average molecular weight is 314 g/mol. The van der Waals surface area contributed by atoms with E-state index >= 15 is 0 Å². The van der Waals surface area contributed by atoms with Gasteiger partial charge in [0.25, 0.3) is 11.6 Å². The van der Waals surface area contributed by atoms with E-state index in [0.29, 0.717) is 12.2 Å². The summed E-state index contributed by atoms with van der Waals surface area (Å²) in [6, 6.07) is 4.97. The summed E-state index contributed by atoms with van der Waals surface area (Å²) in [5, 5.41) is 13.1. The van der Waals surface area contributed by atoms with Gasteiger partial charge in [-0.15, -0.1) is 0 Å². The molecule has 0 radical (unpaired) electrons. The Morgan fingerprint density at radius 3 is 2.57 bits per heavy atom. The number of carbonyl (C=O) groups is 1. The molecule has 1 fully saturated rings. The monoisotopic (exact) mass is 314 g/mol. The first-order valence-corrected chi connectivity index (χ1v) is 8.05. The number of nitrogens with zero attached hydrogens (tertiary/aromatic N) is 1. The molecule has 1 atom stereocenters. The number of nitrogens with one attached hydrogen (secondary N) is 1. The van der Waals surface area contributed by atoms with Crippen molar-refractivity contribution in [2.45, 2.75) is 12.5 Å². The molecule has 1 unspecified atom stereocenters. The maximum atomic E-state index is 11.6. The Labute approximate surface area is 121 Å². The van der Waals surface area contributed by atoms with E-state index in [4.69, 9.17) is 4.74 Å². The van der Waals surface area contributed by atoms with E-state index < -0.39 is 20.7 Å². The fourth-order valence-electron chi connectivity index (χ4n) is 1.99. The Morgan fingerprint density at radius 1 is 1.38 bits per heavy atom. The van der Waals surface area contributed by atoms with Gasteiger partial charge in [0.1, 0.15) is 5.75 Å². The van der Waals surface area contributed by atoms with Crippen LogP contribution in [0.4, 0.5) is 5.69 Å². The number of nitro benzene ring substituents is 1. The van der Waals surface area contributed by atoms with Crippen LogP contribution in [0.3, 0.4) is 0 Å². The summed E-state index contributed by atoms with van der Waals surface area (Å²) in [4.78, 5) is 21.6. The lowest BCUT2D eigenvalue weighted by Gasteiger charge is -2.11. The Hall–Kier alpha value is -2.16. The van der Waals surface area contributed by atoms with Gasteiger partial charge in [-0.25, -0.2) is 8.42 Å². The van der Waals surface area contributed by atoms with Crippen molar-refractivity contribution >= 4 is 21.4 Å². The number of rotatable bonds is 5. The highest BCUT2D eigenvalue weighted by molar-refractivity contribution is 7.91. The molecule has 1 amide bonds. The number of nitro groups is 1. The zero-order valence-corrected chi connectivity index (χ0v) is 11.8. The highest BCUT2D eigenvalue weighted by Crippen LogP contribution is 2.17. The molecular formula is C12H14N2O6S. The highest BCUT2D eigenvalue weighted by Gasteiger charge is 2.28. The minimum atomic E-state index is -3.04. The van der Waals surface area contributed by atoms with E-state index in [9.17, 15) is 23.3 Å². The van der Waals surface area contributed by atoms with Gasteiger partial charge >= 0.3 is 0 Å². The van der Waals surface area contributed by atoms with Crippen LogP contribution in [-0.4, -0.2) is 43.4 Å². The third kappa shape index (κ3) is 4.42. The second kappa shape index (κ2) is 6.08. The molecular weight excluding hydrogens is 300 g/mol. The summed E-state index contributed by atoms with van der Waals surface area (Å²) in [6.45, 7) is -0.269. The van der Waals surface area contributed by atoms with Crippen LogP contribution in [0.1, 0.15) is 6.42 Å². The van der Waals surface area contributed by atoms with Gasteiger partial charge in [0.2, 0.25) is 0 Å². The number of hydrogen-bond donors (Lipinski definition) is 1. The first-order valence-electron chi connectivity index (χ1n) is 6.23. The number of sulfone groups is 1. The van der Waals surface area contributed by atoms with Crippen LogP contribution in [-0.2, 0) is 14.6 Å². The summed E-state index contributed by atoms with van der Waals surface area (Å²) in [5.74, 6) is -0.0532. The maximum absolute atomic E-state index is 11.6. The minimum absolute atomic E-state index is 0.0454. The molecule has 9 heteroatoms. The smallest absolute Gasteiger partial charge is 0.269 e. The number of amides is 1. The van der Waals surface area contributed by atoms with Crippen LogP contribution >= 0.6 is 0 Å². The summed E-state index contributed by atoms with van der Waals surface area (Å²) < 4.78 is 27.7. The van der Waals surface area contributed by atoms with Crippen molar-refractivity contribution in [2.24, 2.45) is 0 Å². The Bertz CT molecular complexity index is 640. The zero-order chi connectivity index (χ0) is 15.5. The quantitative estimate of drug-likeness (QED) is 0.616. The van der Waals surface area contributed by atoms with Crippen molar-refractivity contribution in [3.8, 4) is 5.75 Å². The Kier molecular flexibility index (Phi) is 4.41. The molecule has 0 bridgehead atoms. The summed E-state index contributed by atoms with van der Waals surface area (Å²) in [7, 11) is -3.04. The molecule has 0 aromatic heterocycles. The normalized spacial score (nSPS) is 19.9. The number of benzene rings is 1. The second-order valence-corrected chi connectivity index (χ2v) is 6.94. The summed E-state index contributed by atoms with van der Waals surface area (Å²) >= 11 is 0. The lowest BCUT2D eigenvalue weighted by molar-refractivity contribution is -0.384. The van der Waals surface area contributed by atoms with Crippen LogP contribution in [0.25, 0.3) is 0 Å². The van der Waals surface area contributed by atoms with Crippen molar-refractivity contribution in [1.29, 1.82) is 0 Å². The molecule has 1 heterocycles. The third-order valence-corrected chi connectivity index (χ3v) is 4.78. The molecule has 0 aliphatic carbocycles. The molecule has 21 heavy (non-hydrogen) atoms. The minimum Gasteiger partial charge on any atom is -0.484 e. The third-order valence-electron chi connectivity index (χ3n) is 3.02. The molecule has 2 rings (SSSR count). The van der Waals surface area contributed by atoms with Crippen LogP contribution < -0.4 is 10.1 Å². The molecule has 1 aromatic carbocycles. The van der Waals surface area contributed by atoms with E-state index in [1.165, 1.54) is 24.3 Å². The second-order valence-electron chi connectivity index (χ2n) is 4.71. The molecule has 1 aliphatic heterocycles. The fraction of sp³-hybridized carbons (Fsp3) is 0.417. The summed E-state index contributed by atoms with van der Waals surface area (Å²) in [6.07, 6.45) is 0.408. The van der Waals surface area contributed by atoms with Gasteiger partial charge in [0.15, 0.2) is 16.4 Å². The Morgan fingerprint density at radius 2 is 2.05 bits per heavy atom. The van der Waals surface area contributed by atoms with Gasteiger partial charge in [-0.2, -0.15) is 0 Å². The van der Waals surface area contributed by atoms with E-state index in [0.717, 1.165) is 0 Å². The van der Waals surface area contributed by atoms with Gasteiger partial charge in [0, 0.05) is 18.2 Å². The molecule has 1 aromatic rings. The number of hydrogen-bond acceptors (Lipinski definition) is 6. The van der Waals surface area contributed by atoms with Gasteiger partial charge in [0.05, 0.1) is 16.4 Å². The van der Waals surface area contributed by atoms with Gasteiger partial charge < -0.3 is 10.1 Å². The molecule has 0 saturated carbocycles. The first-order chi connectivity index (χ1) is 9.85. The number of carbonyl (C=O) groups excluding carboxylic acids is 1. The van der Waals surface area contributed by atoms with E-state index in [1.54, 1.807) is 0 Å². The average Bonchev–Trinajstić information content (AvgIpc) is 2.76. The topological polar surface area (TPSA) is 116 Å². The molecule has 0 spiro atoms. The summed E-state index contributed by atoms with van der Waals surface area (Å²) in [5.41, 5.74) is -0.0667. The lowest BCUT2D eigenvalue weighted by Crippen LogP contribution is -2.38. The molecule has 1 aliphatic rings. The number of non-ortho nitro benzene ring substituents is 1. The van der Waals surface area contributed by atoms with Crippen molar-refractivity contribution in [3.63, 3.8) is 0 Å². The van der Waals surface area contributed by atoms with E-state index in [2.05, 4.69) is 5.32 Å². The van der Waals surface area contributed by atoms with Gasteiger partial charge in [-0.05, 0) is 18.6 Å². The predicted molar refractivity (Wildman–Crippen MR) is 73.8 cm³/mol. The molecule has 8 nitrogen and oxygen atoms in total. The van der Waals surface area contributed by atoms with Crippen LogP contribution in [0.15, 0.2) is 24.3 Å². The SMILES string of the molecule is O=C(COc1ccc([N+](=O)[O-])cc1)NC1CCS(=O)(=O)C1. The number of ether oxygens (including phenoxy) is 1.